The second kappa shape index (κ2) is 5.60. The molecule has 20 heavy (non-hydrogen) atoms. The van der Waals surface area contributed by atoms with E-state index >= 15 is 0 Å². The first-order valence-electron chi connectivity index (χ1n) is 5.51. The van der Waals surface area contributed by atoms with Gasteiger partial charge in [0.1, 0.15) is 0 Å². The first-order valence-corrected chi connectivity index (χ1v) is 6.27. The van der Waals surface area contributed by atoms with Crippen molar-refractivity contribution in [2.24, 2.45) is 0 Å². The molecule has 1 heterocycles. The lowest BCUT2D eigenvalue weighted by Crippen LogP contribution is -1.99. The molecule has 0 aliphatic rings. The van der Waals surface area contributed by atoms with Gasteiger partial charge in [-0.1, -0.05) is 23.2 Å². The van der Waals surface area contributed by atoms with Gasteiger partial charge in [-0.2, -0.15) is 0 Å². The van der Waals surface area contributed by atoms with Crippen LogP contribution in [0.3, 0.4) is 0 Å². The van der Waals surface area contributed by atoms with Crippen LogP contribution >= 0.6 is 23.2 Å². The summed E-state index contributed by atoms with van der Waals surface area (Å²) >= 11 is 11.6. The van der Waals surface area contributed by atoms with Crippen LogP contribution in [0.15, 0.2) is 18.2 Å². The lowest BCUT2D eigenvalue weighted by Gasteiger charge is -2.09. The van der Waals surface area contributed by atoms with Crippen molar-refractivity contribution in [2.45, 2.75) is 13.8 Å². The highest BCUT2D eigenvalue weighted by Gasteiger charge is 2.19. The zero-order valence-electron chi connectivity index (χ0n) is 10.6. The zero-order valence-corrected chi connectivity index (χ0v) is 12.1. The summed E-state index contributed by atoms with van der Waals surface area (Å²) < 4.78 is 5.46. The summed E-state index contributed by atoms with van der Waals surface area (Å²) in [5.41, 5.74) is 1.12. The maximum absolute atomic E-state index is 11.0. The maximum Gasteiger partial charge on any atom is 0.313 e. The molecule has 0 N–H and O–H groups in total. The Balaban J connectivity index is 2.45. The van der Waals surface area contributed by atoms with E-state index in [4.69, 9.17) is 27.9 Å². The SMILES string of the molecule is Cc1c(Cl)nnc(Oc2ccc(Cl)cc2[N+](=O)[O-])c1C. The van der Waals surface area contributed by atoms with Crippen molar-refractivity contribution in [1.29, 1.82) is 0 Å². The minimum Gasteiger partial charge on any atom is -0.430 e. The molecule has 0 atom stereocenters. The number of halogens is 2. The van der Waals surface area contributed by atoms with E-state index in [9.17, 15) is 10.1 Å². The summed E-state index contributed by atoms with van der Waals surface area (Å²) in [6, 6.07) is 4.11. The fourth-order valence-electron chi connectivity index (χ4n) is 1.48. The van der Waals surface area contributed by atoms with Crippen molar-refractivity contribution >= 4 is 28.9 Å². The largest absolute Gasteiger partial charge is 0.430 e. The molecule has 0 spiro atoms. The minimum absolute atomic E-state index is 0.0403. The smallest absolute Gasteiger partial charge is 0.313 e. The molecule has 1 aromatic heterocycles. The molecule has 0 bridgehead atoms. The van der Waals surface area contributed by atoms with Crippen LogP contribution in [0.5, 0.6) is 11.6 Å². The zero-order chi connectivity index (χ0) is 14.9. The molecule has 2 aromatic rings. The van der Waals surface area contributed by atoms with Gasteiger partial charge < -0.3 is 4.74 Å². The van der Waals surface area contributed by atoms with Gasteiger partial charge in [0.2, 0.25) is 11.6 Å². The number of hydrogen-bond acceptors (Lipinski definition) is 5. The van der Waals surface area contributed by atoms with Crippen LogP contribution in [0.4, 0.5) is 5.69 Å². The quantitative estimate of drug-likeness (QED) is 0.629. The molecule has 0 aliphatic heterocycles. The Morgan fingerprint density at radius 2 is 1.90 bits per heavy atom. The number of rotatable bonds is 3. The van der Waals surface area contributed by atoms with E-state index in [0.29, 0.717) is 11.1 Å². The van der Waals surface area contributed by atoms with Crippen LogP contribution in [0.1, 0.15) is 11.1 Å². The highest BCUT2D eigenvalue weighted by Crippen LogP contribution is 2.34. The second-order valence-electron chi connectivity index (χ2n) is 4.02. The summed E-state index contributed by atoms with van der Waals surface area (Å²) in [4.78, 5) is 10.4. The van der Waals surface area contributed by atoms with Gasteiger partial charge in [-0.15, -0.1) is 10.2 Å². The summed E-state index contributed by atoms with van der Waals surface area (Å²) in [6.07, 6.45) is 0. The minimum atomic E-state index is -0.577. The van der Waals surface area contributed by atoms with Crippen molar-refractivity contribution in [1.82, 2.24) is 10.2 Å². The van der Waals surface area contributed by atoms with Gasteiger partial charge in [0.25, 0.3) is 0 Å². The Kier molecular flexibility index (Phi) is 4.06. The first kappa shape index (κ1) is 14.5. The van der Waals surface area contributed by atoms with Crippen LogP contribution in [0, 0.1) is 24.0 Å². The van der Waals surface area contributed by atoms with Crippen LogP contribution < -0.4 is 4.74 Å². The number of nitro benzene ring substituents is 1. The third-order valence-electron chi connectivity index (χ3n) is 2.75. The number of hydrogen-bond donors (Lipinski definition) is 0. The van der Waals surface area contributed by atoms with Gasteiger partial charge in [0.15, 0.2) is 5.15 Å². The first-order chi connectivity index (χ1) is 9.40. The number of nitrogens with zero attached hydrogens (tertiary/aromatic N) is 3. The van der Waals surface area contributed by atoms with Crippen molar-refractivity contribution in [3.8, 4) is 11.6 Å². The molecule has 6 nitrogen and oxygen atoms in total. The van der Waals surface area contributed by atoms with Crippen LogP contribution in [-0.2, 0) is 0 Å². The second-order valence-corrected chi connectivity index (χ2v) is 4.81. The molecule has 104 valence electrons. The molecule has 0 fully saturated rings. The third-order valence-corrected chi connectivity index (χ3v) is 3.34. The van der Waals surface area contributed by atoms with Gasteiger partial charge in [-0.05, 0) is 31.5 Å². The van der Waals surface area contributed by atoms with Gasteiger partial charge in [0, 0.05) is 16.7 Å². The number of nitro groups is 1. The van der Waals surface area contributed by atoms with Gasteiger partial charge >= 0.3 is 5.69 Å². The Morgan fingerprint density at radius 3 is 2.55 bits per heavy atom. The van der Waals surface area contributed by atoms with Crippen molar-refractivity contribution in [3.05, 3.63) is 49.6 Å². The molecule has 0 amide bonds. The van der Waals surface area contributed by atoms with Crippen LogP contribution in [-0.4, -0.2) is 15.1 Å². The molecule has 0 unspecified atom stereocenters. The molecule has 0 saturated heterocycles. The van der Waals surface area contributed by atoms with E-state index in [2.05, 4.69) is 10.2 Å². The standard InChI is InChI=1S/C12H9Cl2N3O3/c1-6-7(2)12(16-15-11(6)14)20-10-4-3-8(13)5-9(10)17(18)19/h3-5H,1-2H3. The molecule has 2 rings (SSSR count). The lowest BCUT2D eigenvalue weighted by molar-refractivity contribution is -0.385. The van der Waals surface area contributed by atoms with Gasteiger partial charge in [-0.3, -0.25) is 10.1 Å². The molecular formula is C12H9Cl2N3O3. The monoisotopic (exact) mass is 313 g/mol. The Hall–Kier alpha value is -1.92. The van der Waals surface area contributed by atoms with E-state index < -0.39 is 4.92 Å². The predicted octanol–water partition coefficient (Wildman–Crippen LogP) is 4.10. The van der Waals surface area contributed by atoms with Crippen molar-refractivity contribution in [2.75, 3.05) is 0 Å². The van der Waals surface area contributed by atoms with Gasteiger partial charge in [-0.25, -0.2) is 0 Å². The van der Waals surface area contributed by atoms with E-state index in [1.807, 2.05) is 0 Å². The highest BCUT2D eigenvalue weighted by molar-refractivity contribution is 6.31. The Bertz CT molecular complexity index is 692. The summed E-state index contributed by atoms with van der Waals surface area (Å²) in [6.45, 7) is 3.50. The van der Waals surface area contributed by atoms with E-state index in [-0.39, 0.29) is 27.5 Å². The third kappa shape index (κ3) is 2.81. The van der Waals surface area contributed by atoms with Crippen molar-refractivity contribution in [3.63, 3.8) is 0 Å². The summed E-state index contributed by atoms with van der Waals surface area (Å²) in [5, 5.41) is 19.0. The Labute approximate surface area is 124 Å². The fraction of sp³-hybridized carbons (Fsp3) is 0.167. The molecule has 8 heteroatoms. The molecule has 0 saturated carbocycles. The van der Waals surface area contributed by atoms with Gasteiger partial charge in [0.05, 0.1) is 4.92 Å². The molecule has 0 aliphatic carbocycles. The fourth-order valence-corrected chi connectivity index (χ4v) is 1.82. The number of aromatic nitrogens is 2. The topological polar surface area (TPSA) is 78.2 Å². The summed E-state index contributed by atoms with van der Waals surface area (Å²) in [7, 11) is 0. The molecular weight excluding hydrogens is 305 g/mol. The predicted molar refractivity (Wildman–Crippen MR) is 74.7 cm³/mol. The molecule has 1 aromatic carbocycles. The average Bonchev–Trinajstić information content (AvgIpc) is 2.41. The Morgan fingerprint density at radius 1 is 1.20 bits per heavy atom. The maximum atomic E-state index is 11.0. The highest BCUT2D eigenvalue weighted by atomic mass is 35.5. The van der Waals surface area contributed by atoms with E-state index in [1.54, 1.807) is 13.8 Å². The number of ether oxygens (including phenoxy) is 1. The van der Waals surface area contributed by atoms with E-state index in [0.717, 1.165) is 0 Å². The molecule has 0 radical (unpaired) electrons. The summed E-state index contributed by atoms with van der Waals surface area (Å²) in [5.74, 6) is 0.204. The van der Waals surface area contributed by atoms with Crippen LogP contribution in [0.25, 0.3) is 0 Å². The normalized spacial score (nSPS) is 10.4. The number of benzene rings is 1. The van der Waals surface area contributed by atoms with Crippen molar-refractivity contribution < 1.29 is 9.66 Å². The lowest BCUT2D eigenvalue weighted by atomic mass is 10.2. The van der Waals surface area contributed by atoms with Crippen LogP contribution in [0.2, 0.25) is 10.2 Å². The van der Waals surface area contributed by atoms with E-state index in [1.165, 1.54) is 18.2 Å². The average molecular weight is 314 g/mol.